The van der Waals surface area contributed by atoms with Crippen LogP contribution in [0.2, 0.25) is 0 Å². The summed E-state index contributed by atoms with van der Waals surface area (Å²) >= 11 is 0. The summed E-state index contributed by atoms with van der Waals surface area (Å²) in [4.78, 5) is 28.0. The number of carbonyl (C=O) groups excluding carboxylic acids is 2. The van der Waals surface area contributed by atoms with Crippen molar-refractivity contribution in [2.45, 2.75) is 18.9 Å². The number of ether oxygens (including phenoxy) is 1. The van der Waals surface area contributed by atoms with Crippen molar-refractivity contribution in [3.8, 4) is 5.75 Å². The lowest BCUT2D eigenvalue weighted by molar-refractivity contribution is -0.128. The van der Waals surface area contributed by atoms with Crippen LogP contribution in [-0.2, 0) is 4.79 Å². The minimum absolute atomic E-state index is 0.117. The van der Waals surface area contributed by atoms with E-state index in [0.29, 0.717) is 26.1 Å². The predicted molar refractivity (Wildman–Crippen MR) is 108 cm³/mol. The first kappa shape index (κ1) is 20.6. The second kappa shape index (κ2) is 9.91. The van der Waals surface area contributed by atoms with Gasteiger partial charge in [0.15, 0.2) is 11.6 Å². The summed E-state index contributed by atoms with van der Waals surface area (Å²) in [5.41, 5.74) is 0.941. The van der Waals surface area contributed by atoms with Crippen molar-refractivity contribution in [1.29, 1.82) is 0 Å². The molecule has 1 atom stereocenters. The normalized spacial score (nSPS) is 14.6. The molecule has 6 nitrogen and oxygen atoms in total. The van der Waals surface area contributed by atoms with Gasteiger partial charge in [0, 0.05) is 26.6 Å². The quantitative estimate of drug-likeness (QED) is 0.742. The zero-order valence-corrected chi connectivity index (χ0v) is 16.5. The molecule has 0 bridgehead atoms. The lowest BCUT2D eigenvalue weighted by Crippen LogP contribution is -2.44. The highest BCUT2D eigenvalue weighted by Crippen LogP contribution is 2.19. The Balaban J connectivity index is 1.56. The number of carbonyl (C=O) groups is 2. The number of halogens is 1. The zero-order chi connectivity index (χ0) is 20.6. The van der Waals surface area contributed by atoms with Crippen LogP contribution in [0.3, 0.4) is 0 Å². The van der Waals surface area contributed by atoms with Gasteiger partial charge >= 0.3 is 6.03 Å². The monoisotopic (exact) mass is 399 g/mol. The van der Waals surface area contributed by atoms with Gasteiger partial charge in [-0.2, -0.15) is 0 Å². The van der Waals surface area contributed by atoms with E-state index in [0.717, 1.165) is 12.0 Å². The molecule has 1 aliphatic rings. The molecule has 1 heterocycles. The van der Waals surface area contributed by atoms with Gasteiger partial charge in [-0.3, -0.25) is 4.79 Å². The minimum atomic E-state index is -0.431. The first-order valence-electron chi connectivity index (χ1n) is 9.76. The van der Waals surface area contributed by atoms with Crippen molar-refractivity contribution in [3.05, 3.63) is 66.0 Å². The number of para-hydroxylation sites is 1. The second-order valence-corrected chi connectivity index (χ2v) is 7.06. The molecule has 1 saturated heterocycles. The number of hydrogen-bond acceptors (Lipinski definition) is 3. The number of nitrogens with zero attached hydrogens (tertiary/aromatic N) is 2. The van der Waals surface area contributed by atoms with E-state index in [1.165, 1.54) is 11.0 Å². The van der Waals surface area contributed by atoms with E-state index in [9.17, 15) is 14.0 Å². The summed E-state index contributed by atoms with van der Waals surface area (Å²) < 4.78 is 19.0. The van der Waals surface area contributed by atoms with Crippen LogP contribution in [0, 0.1) is 5.82 Å². The Bertz CT molecular complexity index is 831. The molecule has 1 N–H and O–H groups in total. The summed E-state index contributed by atoms with van der Waals surface area (Å²) in [6.45, 7) is 1.62. The average molecular weight is 399 g/mol. The summed E-state index contributed by atoms with van der Waals surface area (Å²) in [6, 6.07) is 15.2. The van der Waals surface area contributed by atoms with Crippen molar-refractivity contribution in [3.63, 3.8) is 0 Å². The van der Waals surface area contributed by atoms with E-state index in [-0.39, 0.29) is 30.3 Å². The van der Waals surface area contributed by atoms with E-state index in [1.807, 2.05) is 30.3 Å². The molecule has 0 spiro atoms. The number of nitrogens with one attached hydrogen (secondary N) is 1. The van der Waals surface area contributed by atoms with E-state index >= 15 is 0 Å². The highest BCUT2D eigenvalue weighted by Gasteiger charge is 2.26. The summed E-state index contributed by atoms with van der Waals surface area (Å²) in [7, 11) is 1.66. The lowest BCUT2D eigenvalue weighted by atomic mass is 10.1. The van der Waals surface area contributed by atoms with Crippen LogP contribution in [0.5, 0.6) is 5.75 Å². The van der Waals surface area contributed by atoms with Gasteiger partial charge in [0.1, 0.15) is 6.61 Å². The molecule has 3 rings (SSSR count). The molecular weight excluding hydrogens is 373 g/mol. The molecule has 7 heteroatoms. The molecule has 1 unspecified atom stereocenters. The van der Waals surface area contributed by atoms with Gasteiger partial charge in [0.05, 0.1) is 12.6 Å². The Labute approximate surface area is 170 Å². The Kier molecular flexibility index (Phi) is 7.05. The van der Waals surface area contributed by atoms with Gasteiger partial charge < -0.3 is 19.9 Å². The Morgan fingerprint density at radius 3 is 2.62 bits per heavy atom. The third kappa shape index (κ3) is 5.70. The molecule has 2 aromatic rings. The maximum absolute atomic E-state index is 13.6. The van der Waals surface area contributed by atoms with Crippen LogP contribution in [0.4, 0.5) is 9.18 Å². The molecule has 29 heavy (non-hydrogen) atoms. The minimum Gasteiger partial charge on any atom is -0.489 e. The van der Waals surface area contributed by atoms with Crippen LogP contribution in [-0.4, -0.2) is 55.0 Å². The molecule has 0 aromatic heterocycles. The summed E-state index contributed by atoms with van der Waals surface area (Å²) in [5, 5.41) is 3.00. The Morgan fingerprint density at radius 2 is 1.93 bits per heavy atom. The zero-order valence-electron chi connectivity index (χ0n) is 16.5. The van der Waals surface area contributed by atoms with Gasteiger partial charge in [-0.15, -0.1) is 0 Å². The number of likely N-dealkylation sites (tertiary alicyclic amines) is 1. The third-order valence-corrected chi connectivity index (χ3v) is 4.94. The first-order valence-corrected chi connectivity index (χ1v) is 9.76. The molecular formula is C22H26FN3O3. The van der Waals surface area contributed by atoms with Crippen molar-refractivity contribution >= 4 is 11.9 Å². The number of urea groups is 1. The molecule has 0 aliphatic carbocycles. The molecule has 1 fully saturated rings. The SMILES string of the molecule is CN(CCOc1ccccc1F)C(=O)NC(CN1CCCC1=O)c1ccccc1. The molecule has 154 valence electrons. The molecule has 2 aromatic carbocycles. The second-order valence-electron chi connectivity index (χ2n) is 7.06. The third-order valence-electron chi connectivity index (χ3n) is 4.94. The van der Waals surface area contributed by atoms with Crippen molar-refractivity contribution in [2.24, 2.45) is 0 Å². The highest BCUT2D eigenvalue weighted by molar-refractivity contribution is 5.78. The number of benzene rings is 2. The van der Waals surface area contributed by atoms with Gasteiger partial charge in [0.2, 0.25) is 5.91 Å². The van der Waals surface area contributed by atoms with Gasteiger partial charge in [-0.05, 0) is 24.1 Å². The van der Waals surface area contributed by atoms with E-state index in [1.54, 1.807) is 30.1 Å². The summed E-state index contributed by atoms with van der Waals surface area (Å²) in [5.74, 6) is -0.151. The van der Waals surface area contributed by atoms with Gasteiger partial charge in [-0.1, -0.05) is 42.5 Å². The number of likely N-dealkylation sites (N-methyl/N-ethyl adjacent to an activating group) is 1. The molecule has 0 saturated carbocycles. The number of amides is 3. The first-order chi connectivity index (χ1) is 14.0. The fraction of sp³-hybridized carbons (Fsp3) is 0.364. The summed E-state index contributed by atoms with van der Waals surface area (Å²) in [6.07, 6.45) is 1.41. The van der Waals surface area contributed by atoms with E-state index in [4.69, 9.17) is 4.74 Å². The fourth-order valence-electron chi connectivity index (χ4n) is 3.25. The van der Waals surface area contributed by atoms with Crippen LogP contribution >= 0.6 is 0 Å². The van der Waals surface area contributed by atoms with Crippen LogP contribution < -0.4 is 10.1 Å². The molecule has 1 aliphatic heterocycles. The van der Waals surface area contributed by atoms with Crippen LogP contribution in [0.25, 0.3) is 0 Å². The number of rotatable bonds is 8. The van der Waals surface area contributed by atoms with Crippen LogP contribution in [0.1, 0.15) is 24.4 Å². The predicted octanol–water partition coefficient (Wildman–Crippen LogP) is 3.21. The van der Waals surface area contributed by atoms with Crippen molar-refractivity contribution in [1.82, 2.24) is 15.1 Å². The molecule has 3 amide bonds. The largest absolute Gasteiger partial charge is 0.489 e. The number of hydrogen-bond donors (Lipinski definition) is 1. The Hall–Kier alpha value is -3.09. The van der Waals surface area contributed by atoms with Crippen molar-refractivity contribution in [2.75, 3.05) is 33.3 Å². The standard InChI is InChI=1S/C22H26FN3O3/c1-25(14-15-29-20-11-6-5-10-18(20)23)22(28)24-19(17-8-3-2-4-9-17)16-26-13-7-12-21(26)27/h2-6,8-11,19H,7,12-16H2,1H3,(H,24,28). The fourth-order valence-corrected chi connectivity index (χ4v) is 3.25. The maximum Gasteiger partial charge on any atom is 0.317 e. The van der Waals surface area contributed by atoms with Crippen LogP contribution in [0.15, 0.2) is 54.6 Å². The Morgan fingerprint density at radius 1 is 1.21 bits per heavy atom. The van der Waals surface area contributed by atoms with Gasteiger partial charge in [0.25, 0.3) is 0 Å². The van der Waals surface area contributed by atoms with Gasteiger partial charge in [-0.25, -0.2) is 9.18 Å². The molecule has 0 radical (unpaired) electrons. The maximum atomic E-state index is 13.6. The van der Waals surface area contributed by atoms with E-state index in [2.05, 4.69) is 5.32 Å². The topological polar surface area (TPSA) is 61.9 Å². The lowest BCUT2D eigenvalue weighted by Gasteiger charge is -2.27. The van der Waals surface area contributed by atoms with E-state index < -0.39 is 5.82 Å². The smallest absolute Gasteiger partial charge is 0.317 e. The van der Waals surface area contributed by atoms with Crippen molar-refractivity contribution < 1.29 is 18.7 Å². The average Bonchev–Trinajstić information content (AvgIpc) is 3.14. The highest BCUT2D eigenvalue weighted by atomic mass is 19.1.